The van der Waals surface area contributed by atoms with Crippen molar-refractivity contribution in [2.24, 2.45) is 5.92 Å². The smallest absolute Gasteiger partial charge is 0.409 e. The van der Waals surface area contributed by atoms with Crippen molar-refractivity contribution < 1.29 is 43.9 Å². The molecule has 3 amide bonds. The molecule has 0 bridgehead atoms. The molecule has 5 rings (SSSR count). The van der Waals surface area contributed by atoms with Crippen LogP contribution in [-0.2, 0) is 20.9 Å². The van der Waals surface area contributed by atoms with Crippen LogP contribution in [-0.4, -0.2) is 154 Å². The molecule has 0 saturated carbocycles. The summed E-state index contributed by atoms with van der Waals surface area (Å²) in [4.78, 5) is 57.4. The summed E-state index contributed by atoms with van der Waals surface area (Å²) < 4.78 is 17.7. The number of aromatic nitrogens is 3. The number of hydrogen-bond donors (Lipinski definition) is 3. The fraction of sp³-hybridized carbons (Fsp3) is 0.529. The van der Waals surface area contributed by atoms with Crippen molar-refractivity contribution in [3.05, 3.63) is 58.8 Å². The van der Waals surface area contributed by atoms with Gasteiger partial charge in [0.05, 0.1) is 23.1 Å². The monoisotopic (exact) mass is 742 g/mol. The Labute approximate surface area is 305 Å². The van der Waals surface area contributed by atoms with Crippen LogP contribution in [0.15, 0.2) is 36.8 Å². The first-order valence-electron chi connectivity index (χ1n) is 16.7. The first-order chi connectivity index (χ1) is 24.8. The number of aliphatic hydroxyl groups is 3. The van der Waals surface area contributed by atoms with E-state index in [4.69, 9.17) is 32.4 Å². The van der Waals surface area contributed by atoms with E-state index in [9.17, 15) is 29.7 Å². The largest absolute Gasteiger partial charge is 0.460 e. The van der Waals surface area contributed by atoms with Gasteiger partial charge in [-0.2, -0.15) is 0 Å². The van der Waals surface area contributed by atoms with Gasteiger partial charge in [-0.15, -0.1) is 0 Å². The number of amides is 3. The third-order valence-corrected chi connectivity index (χ3v) is 9.74. The molecule has 18 heteroatoms. The van der Waals surface area contributed by atoms with Crippen LogP contribution in [0.25, 0.3) is 15.9 Å². The third kappa shape index (κ3) is 8.48. The maximum absolute atomic E-state index is 13.5. The minimum atomic E-state index is -1.48. The first-order valence-corrected chi connectivity index (χ1v) is 17.1. The van der Waals surface area contributed by atoms with Crippen LogP contribution >= 0.6 is 11.6 Å². The number of anilines is 1. The van der Waals surface area contributed by atoms with Crippen LogP contribution in [0.5, 0.6) is 5.75 Å². The molecule has 0 unspecified atom stereocenters. The molecule has 280 valence electrons. The Kier molecular flexibility index (Phi) is 12.4. The van der Waals surface area contributed by atoms with Gasteiger partial charge in [0.15, 0.2) is 5.65 Å². The minimum Gasteiger partial charge on any atom is -0.460 e. The van der Waals surface area contributed by atoms with E-state index in [0.717, 1.165) is 6.42 Å². The van der Waals surface area contributed by atoms with Crippen LogP contribution in [0.1, 0.15) is 18.9 Å². The number of halogens is 1. The van der Waals surface area contributed by atoms with Crippen molar-refractivity contribution in [1.29, 1.82) is 0 Å². The lowest BCUT2D eigenvalue weighted by Gasteiger charge is -2.41. The molecule has 2 saturated heterocycles. The number of hydrogen-bond acceptors (Lipinski definition) is 12. The van der Waals surface area contributed by atoms with Crippen LogP contribution < -0.4 is 9.64 Å². The summed E-state index contributed by atoms with van der Waals surface area (Å²) in [6, 6.07) is 6.01. The number of rotatable bonds is 10. The molecule has 6 atom stereocenters. The standard InChI is InChI=1S/C34H43ClN8O9/c1-20-8-10-42(27(45)15-36-2)16-24(20)41(5)30-22-9-11-43(31(22)38-19-37-30)33(48)39(3)12-13-40(4)34(49)51-17-21-6-7-26(23(35)14-21)52-32-29(47)28(46)25(44)18-50-32/h6-7,9,11,14,19-20,24-25,28-29,32,44,46-47H,8,10,12-13,15-18H2,1,3-5H3/t20-,24+,25-,28+,29-,32+/m1/s1. The van der Waals surface area contributed by atoms with Gasteiger partial charge in [0.25, 0.3) is 6.54 Å². The van der Waals surface area contributed by atoms with Crippen LogP contribution in [0.2, 0.25) is 5.02 Å². The van der Waals surface area contributed by atoms with Gasteiger partial charge in [0.1, 0.15) is 42.8 Å². The molecule has 2 fully saturated rings. The molecule has 2 aliphatic heterocycles. The first kappa shape index (κ1) is 38.5. The Morgan fingerprint density at radius 3 is 2.58 bits per heavy atom. The second kappa shape index (κ2) is 16.7. The number of nitrogens with zero attached hydrogens (tertiary/aromatic N) is 8. The Morgan fingerprint density at radius 1 is 1.10 bits per heavy atom. The summed E-state index contributed by atoms with van der Waals surface area (Å²) in [5, 5.41) is 30.4. The van der Waals surface area contributed by atoms with Crippen LogP contribution in [0.4, 0.5) is 15.4 Å². The molecule has 0 radical (unpaired) electrons. The molecular formula is C34H43ClN8O9. The predicted octanol–water partition coefficient (Wildman–Crippen LogP) is 1.66. The van der Waals surface area contributed by atoms with Gasteiger partial charge in [-0.25, -0.2) is 26.1 Å². The van der Waals surface area contributed by atoms with E-state index in [1.54, 1.807) is 37.3 Å². The molecule has 3 N–H and O–H groups in total. The molecule has 2 aliphatic rings. The zero-order chi connectivity index (χ0) is 37.7. The topological polar surface area (TPSA) is 188 Å². The maximum atomic E-state index is 13.5. The summed E-state index contributed by atoms with van der Waals surface area (Å²) in [5.41, 5.74) is 0.974. The maximum Gasteiger partial charge on any atom is 0.409 e. The number of benzene rings is 1. The fourth-order valence-electron chi connectivity index (χ4n) is 6.14. The number of likely N-dealkylation sites (N-methyl/N-ethyl adjacent to an activating group) is 3. The van der Waals surface area contributed by atoms with E-state index in [2.05, 4.69) is 21.7 Å². The number of aliphatic hydroxyl groups excluding tert-OH is 3. The molecule has 0 aliphatic carbocycles. The summed E-state index contributed by atoms with van der Waals surface area (Å²) in [6.07, 6.45) is -2.19. The number of likely N-dealkylation sites (tertiary alicyclic amines) is 1. The second-order valence-electron chi connectivity index (χ2n) is 13.0. The zero-order valence-corrected chi connectivity index (χ0v) is 30.1. The van der Waals surface area contributed by atoms with Crippen molar-refractivity contribution in [3.8, 4) is 5.75 Å². The lowest BCUT2D eigenvalue weighted by molar-refractivity contribution is -0.242. The summed E-state index contributed by atoms with van der Waals surface area (Å²) in [7, 11) is 5.07. The molecule has 0 spiro atoms. The van der Waals surface area contributed by atoms with E-state index in [-0.39, 0.29) is 67.5 Å². The molecule has 1 aromatic carbocycles. The molecular weight excluding hydrogens is 700 g/mol. The Morgan fingerprint density at radius 2 is 1.85 bits per heavy atom. The molecule has 4 heterocycles. The number of ether oxygens (including phenoxy) is 3. The predicted molar refractivity (Wildman–Crippen MR) is 188 cm³/mol. The summed E-state index contributed by atoms with van der Waals surface area (Å²) in [5.74, 6) is 0.859. The fourth-order valence-corrected chi connectivity index (χ4v) is 6.39. The number of fused-ring (bicyclic) bond motifs is 1. The Balaban J connectivity index is 1.14. The molecule has 17 nitrogen and oxygen atoms in total. The highest BCUT2D eigenvalue weighted by Crippen LogP contribution is 2.31. The molecule has 3 aromatic rings. The second-order valence-corrected chi connectivity index (χ2v) is 13.4. The van der Waals surface area contributed by atoms with E-state index in [1.807, 2.05) is 11.9 Å². The number of carbonyl (C=O) groups excluding carboxylic acids is 3. The van der Waals surface area contributed by atoms with Gasteiger partial charge in [-0.1, -0.05) is 24.6 Å². The van der Waals surface area contributed by atoms with Crippen LogP contribution in [0, 0.1) is 12.5 Å². The van der Waals surface area contributed by atoms with Crippen molar-refractivity contribution in [2.75, 3.05) is 65.4 Å². The van der Waals surface area contributed by atoms with Gasteiger partial charge in [-0.3, -0.25) is 9.36 Å². The highest BCUT2D eigenvalue weighted by molar-refractivity contribution is 6.32. The minimum absolute atomic E-state index is 0.0484. The van der Waals surface area contributed by atoms with Crippen molar-refractivity contribution in [2.45, 2.75) is 50.6 Å². The van der Waals surface area contributed by atoms with E-state index in [0.29, 0.717) is 35.5 Å². The van der Waals surface area contributed by atoms with Crippen molar-refractivity contribution in [1.82, 2.24) is 29.2 Å². The number of piperidine rings is 1. The quantitative estimate of drug-likeness (QED) is 0.256. The van der Waals surface area contributed by atoms with Gasteiger partial charge in [0, 0.05) is 53.5 Å². The lowest BCUT2D eigenvalue weighted by Crippen LogP contribution is -2.54. The van der Waals surface area contributed by atoms with Crippen LogP contribution in [0.3, 0.4) is 0 Å². The van der Waals surface area contributed by atoms with Gasteiger partial charge < -0.3 is 54.0 Å². The summed E-state index contributed by atoms with van der Waals surface area (Å²) >= 11 is 6.33. The highest BCUT2D eigenvalue weighted by Gasteiger charge is 2.39. The average Bonchev–Trinajstić information content (AvgIpc) is 3.58. The normalized spacial score (nSPS) is 23.1. The van der Waals surface area contributed by atoms with E-state index >= 15 is 0 Å². The van der Waals surface area contributed by atoms with Gasteiger partial charge in [-0.05, 0) is 36.1 Å². The van der Waals surface area contributed by atoms with Gasteiger partial charge >= 0.3 is 18.0 Å². The SMILES string of the molecule is [C-]#[N+]CC(=O)N1CC[C@@H](C)[C@@H](N(C)c2ncnc3c2ccn3C(=O)N(C)CCN(C)C(=O)OCc2ccc(O[C@@H]3OC[C@@H](O)[C@H](O)[C@H]3O)c(Cl)c2)C1. The summed E-state index contributed by atoms with van der Waals surface area (Å²) in [6.45, 7) is 10.1. The van der Waals surface area contributed by atoms with Crippen molar-refractivity contribution in [3.63, 3.8) is 0 Å². The third-order valence-electron chi connectivity index (χ3n) is 9.45. The average molecular weight is 743 g/mol. The molecule has 2 aromatic heterocycles. The highest BCUT2D eigenvalue weighted by atomic mass is 35.5. The van der Waals surface area contributed by atoms with E-state index in [1.165, 1.54) is 32.8 Å². The zero-order valence-electron chi connectivity index (χ0n) is 29.3. The Hall–Kier alpha value is -4.73. The van der Waals surface area contributed by atoms with E-state index < -0.39 is 30.7 Å². The lowest BCUT2D eigenvalue weighted by atomic mass is 9.92. The van der Waals surface area contributed by atoms with Gasteiger partial charge in [0.2, 0.25) is 6.29 Å². The Bertz CT molecular complexity index is 1800. The van der Waals surface area contributed by atoms with Crippen molar-refractivity contribution >= 4 is 46.5 Å². The molecule has 52 heavy (non-hydrogen) atoms. The number of carbonyl (C=O) groups is 3.